The molecule has 0 bridgehead atoms. The Morgan fingerprint density at radius 3 is 2.89 bits per heavy atom. The monoisotopic (exact) mass is 363 g/mol. The number of hydrogen-bond acceptors (Lipinski definition) is 5. The summed E-state index contributed by atoms with van der Waals surface area (Å²) < 4.78 is 7.24. The standard InChI is InChI=1S/C20H21N5O2/c1-20(12-27-11-17(21)23-20)13-6-5-7-14(10-13)22-19(26)18-15-8-3-4-9-16(15)25(2)24-18/h3-10H,11-12H2,1-2H3,(H2,21,23)(H,22,26). The van der Waals surface area contributed by atoms with Crippen molar-refractivity contribution in [2.24, 2.45) is 17.8 Å². The number of rotatable bonds is 3. The molecule has 0 saturated heterocycles. The average Bonchev–Trinajstić information content (AvgIpc) is 2.99. The van der Waals surface area contributed by atoms with Crippen LogP contribution in [0.5, 0.6) is 0 Å². The number of hydrogen-bond donors (Lipinski definition) is 2. The molecule has 3 N–H and O–H groups in total. The van der Waals surface area contributed by atoms with E-state index in [-0.39, 0.29) is 5.91 Å². The lowest BCUT2D eigenvalue weighted by Crippen LogP contribution is -2.37. The van der Waals surface area contributed by atoms with Crippen LogP contribution in [-0.4, -0.2) is 34.7 Å². The minimum Gasteiger partial charge on any atom is -0.386 e. The molecule has 138 valence electrons. The zero-order valence-corrected chi connectivity index (χ0v) is 15.3. The van der Waals surface area contributed by atoms with Crippen LogP contribution in [0.1, 0.15) is 23.0 Å². The molecular weight excluding hydrogens is 342 g/mol. The van der Waals surface area contributed by atoms with Crippen molar-refractivity contribution in [1.29, 1.82) is 0 Å². The highest BCUT2D eigenvalue weighted by Gasteiger charge is 2.30. The Bertz CT molecular complexity index is 1060. The van der Waals surface area contributed by atoms with Gasteiger partial charge in [-0.25, -0.2) is 0 Å². The normalized spacial score (nSPS) is 19.7. The minimum atomic E-state index is -0.569. The van der Waals surface area contributed by atoms with Crippen LogP contribution in [0.25, 0.3) is 10.9 Å². The van der Waals surface area contributed by atoms with Crippen molar-refractivity contribution in [1.82, 2.24) is 9.78 Å². The lowest BCUT2D eigenvalue weighted by atomic mass is 9.92. The van der Waals surface area contributed by atoms with Gasteiger partial charge in [-0.1, -0.05) is 30.3 Å². The number of nitrogens with zero attached hydrogens (tertiary/aromatic N) is 3. The maximum Gasteiger partial charge on any atom is 0.276 e. The summed E-state index contributed by atoms with van der Waals surface area (Å²) in [4.78, 5) is 17.3. The van der Waals surface area contributed by atoms with Crippen molar-refractivity contribution in [3.8, 4) is 0 Å². The van der Waals surface area contributed by atoms with E-state index in [0.29, 0.717) is 30.4 Å². The van der Waals surface area contributed by atoms with E-state index in [4.69, 9.17) is 10.5 Å². The predicted octanol–water partition coefficient (Wildman–Crippen LogP) is 2.43. The van der Waals surface area contributed by atoms with Gasteiger partial charge >= 0.3 is 0 Å². The smallest absolute Gasteiger partial charge is 0.276 e. The number of ether oxygens (including phenoxy) is 1. The quantitative estimate of drug-likeness (QED) is 0.747. The van der Waals surface area contributed by atoms with E-state index in [0.717, 1.165) is 16.5 Å². The number of nitrogens with one attached hydrogen (secondary N) is 1. The summed E-state index contributed by atoms with van der Waals surface area (Å²) in [6.07, 6.45) is 0. The van der Waals surface area contributed by atoms with Crippen LogP contribution >= 0.6 is 0 Å². The number of amidine groups is 1. The molecule has 0 radical (unpaired) electrons. The van der Waals surface area contributed by atoms with Crippen LogP contribution in [-0.2, 0) is 17.3 Å². The molecule has 0 aliphatic carbocycles. The zero-order chi connectivity index (χ0) is 19.0. The highest BCUT2D eigenvalue weighted by Crippen LogP contribution is 2.30. The highest BCUT2D eigenvalue weighted by atomic mass is 16.5. The summed E-state index contributed by atoms with van der Waals surface area (Å²) in [5.74, 6) is 0.218. The third kappa shape index (κ3) is 3.17. The van der Waals surface area contributed by atoms with E-state index in [2.05, 4.69) is 15.4 Å². The summed E-state index contributed by atoms with van der Waals surface area (Å²) in [5, 5.41) is 8.12. The summed E-state index contributed by atoms with van der Waals surface area (Å²) in [5.41, 5.74) is 8.18. The van der Waals surface area contributed by atoms with Gasteiger partial charge in [-0.05, 0) is 30.7 Å². The van der Waals surface area contributed by atoms with Crippen molar-refractivity contribution < 1.29 is 9.53 Å². The number of nitrogens with two attached hydrogens (primary N) is 1. The predicted molar refractivity (Wildman–Crippen MR) is 105 cm³/mol. The molecule has 1 unspecified atom stereocenters. The molecular formula is C20H21N5O2. The van der Waals surface area contributed by atoms with Gasteiger partial charge in [-0.15, -0.1) is 0 Å². The van der Waals surface area contributed by atoms with E-state index >= 15 is 0 Å². The van der Waals surface area contributed by atoms with Gasteiger partial charge in [0.25, 0.3) is 5.91 Å². The van der Waals surface area contributed by atoms with Crippen molar-refractivity contribution in [2.75, 3.05) is 18.5 Å². The van der Waals surface area contributed by atoms with Gasteiger partial charge in [0, 0.05) is 18.1 Å². The maximum absolute atomic E-state index is 12.8. The first-order valence-electron chi connectivity index (χ1n) is 8.72. The number of anilines is 1. The van der Waals surface area contributed by atoms with E-state index in [1.54, 1.807) is 4.68 Å². The number of carbonyl (C=O) groups is 1. The summed E-state index contributed by atoms with van der Waals surface area (Å²) in [6, 6.07) is 15.2. The number of carbonyl (C=O) groups excluding carboxylic acids is 1. The van der Waals surface area contributed by atoms with Gasteiger partial charge in [0.05, 0.1) is 12.1 Å². The van der Waals surface area contributed by atoms with Crippen molar-refractivity contribution in [3.63, 3.8) is 0 Å². The van der Waals surface area contributed by atoms with Crippen LogP contribution in [0.3, 0.4) is 0 Å². The number of amides is 1. The van der Waals surface area contributed by atoms with Gasteiger partial charge in [0.1, 0.15) is 18.0 Å². The molecule has 27 heavy (non-hydrogen) atoms. The number of benzene rings is 2. The van der Waals surface area contributed by atoms with Gasteiger partial charge in [0.15, 0.2) is 5.69 Å². The third-order valence-electron chi connectivity index (χ3n) is 4.74. The van der Waals surface area contributed by atoms with Gasteiger partial charge in [-0.2, -0.15) is 5.10 Å². The van der Waals surface area contributed by atoms with Crippen LogP contribution in [0.2, 0.25) is 0 Å². The number of fused-ring (bicyclic) bond motifs is 1. The molecule has 4 rings (SSSR count). The van der Waals surface area contributed by atoms with E-state index in [9.17, 15) is 4.79 Å². The topological polar surface area (TPSA) is 94.5 Å². The fourth-order valence-electron chi connectivity index (χ4n) is 3.39. The van der Waals surface area contributed by atoms with E-state index in [1.807, 2.05) is 62.5 Å². The maximum atomic E-state index is 12.8. The Morgan fingerprint density at radius 1 is 1.26 bits per heavy atom. The van der Waals surface area contributed by atoms with E-state index in [1.165, 1.54) is 0 Å². The Morgan fingerprint density at radius 2 is 2.07 bits per heavy atom. The van der Waals surface area contributed by atoms with Crippen molar-refractivity contribution in [2.45, 2.75) is 12.5 Å². The Labute approximate surface area is 156 Å². The summed E-state index contributed by atoms with van der Waals surface area (Å²) in [7, 11) is 1.83. The molecule has 2 aromatic carbocycles. The van der Waals surface area contributed by atoms with Crippen LogP contribution < -0.4 is 11.1 Å². The Balaban J connectivity index is 1.63. The van der Waals surface area contributed by atoms with Gasteiger partial charge in [0.2, 0.25) is 0 Å². The second-order valence-electron chi connectivity index (χ2n) is 6.89. The average molecular weight is 363 g/mol. The second-order valence-corrected chi connectivity index (χ2v) is 6.89. The van der Waals surface area contributed by atoms with Crippen LogP contribution in [0.15, 0.2) is 53.5 Å². The van der Waals surface area contributed by atoms with Crippen molar-refractivity contribution >= 4 is 28.3 Å². The first-order chi connectivity index (χ1) is 13.0. The number of aromatic nitrogens is 2. The molecule has 0 saturated carbocycles. The molecule has 1 aromatic heterocycles. The Kier molecular flexibility index (Phi) is 4.16. The molecule has 1 aliphatic rings. The first kappa shape index (κ1) is 17.2. The van der Waals surface area contributed by atoms with Crippen LogP contribution in [0.4, 0.5) is 5.69 Å². The largest absolute Gasteiger partial charge is 0.386 e. The molecule has 1 atom stereocenters. The first-order valence-corrected chi connectivity index (χ1v) is 8.72. The lowest BCUT2D eigenvalue weighted by molar-refractivity contribution is 0.102. The van der Waals surface area contributed by atoms with Crippen molar-refractivity contribution in [3.05, 3.63) is 59.8 Å². The molecule has 1 aliphatic heterocycles. The summed E-state index contributed by atoms with van der Waals surface area (Å²) in [6.45, 7) is 2.75. The van der Waals surface area contributed by atoms with Gasteiger partial charge < -0.3 is 15.8 Å². The molecule has 3 aromatic rings. The Hall–Kier alpha value is -3.19. The molecule has 0 fully saturated rings. The minimum absolute atomic E-state index is 0.253. The second kappa shape index (κ2) is 6.51. The van der Waals surface area contributed by atoms with E-state index < -0.39 is 5.54 Å². The molecule has 7 heteroatoms. The number of para-hydroxylation sites is 1. The zero-order valence-electron chi connectivity index (χ0n) is 15.3. The third-order valence-corrected chi connectivity index (χ3v) is 4.74. The SMILES string of the molecule is Cn1nc(C(=O)Nc2cccc(C3(C)COCC(N)=N3)c2)c2ccccc21. The molecule has 2 heterocycles. The number of aliphatic imine (C=N–C) groups is 1. The fraction of sp³-hybridized carbons (Fsp3) is 0.250. The number of aryl methyl sites for hydroxylation is 1. The van der Waals surface area contributed by atoms with Crippen LogP contribution in [0, 0.1) is 0 Å². The molecule has 7 nitrogen and oxygen atoms in total. The highest BCUT2D eigenvalue weighted by molar-refractivity contribution is 6.11. The van der Waals surface area contributed by atoms with Gasteiger partial charge in [-0.3, -0.25) is 14.5 Å². The summed E-state index contributed by atoms with van der Waals surface area (Å²) >= 11 is 0. The molecule has 0 spiro atoms. The fourth-order valence-corrected chi connectivity index (χ4v) is 3.39. The lowest BCUT2D eigenvalue weighted by Gasteiger charge is -2.30. The molecule has 1 amide bonds.